The fourth-order valence-electron chi connectivity index (χ4n) is 1.87. The molecule has 0 radical (unpaired) electrons. The molecule has 0 unspecified atom stereocenters. The maximum Gasteiger partial charge on any atom is 0.140 e. The van der Waals surface area contributed by atoms with Gasteiger partial charge in [-0.3, -0.25) is 0 Å². The van der Waals surface area contributed by atoms with Crippen LogP contribution in [0.5, 0.6) is 5.75 Å². The zero-order valence-corrected chi connectivity index (χ0v) is 13.6. The average Bonchev–Trinajstić information content (AvgIpc) is 2.88. The number of nitrogens with zero attached hydrogens (tertiary/aromatic N) is 1. The predicted molar refractivity (Wildman–Crippen MR) is 88.0 cm³/mol. The topological polar surface area (TPSA) is 22.1 Å². The molecule has 0 N–H and O–H groups in total. The fourth-order valence-corrected chi connectivity index (χ4v) is 3.35. The van der Waals surface area contributed by atoms with Crippen LogP contribution in [0.4, 0.5) is 0 Å². The largest absolute Gasteiger partial charge is 0.485 e. The van der Waals surface area contributed by atoms with E-state index in [1.165, 1.54) is 4.70 Å². The van der Waals surface area contributed by atoms with E-state index < -0.39 is 0 Å². The molecule has 102 valence electrons. The van der Waals surface area contributed by atoms with Crippen molar-refractivity contribution in [2.24, 2.45) is 0 Å². The number of thiazole rings is 1. The number of hydrogen-bond acceptors (Lipinski definition) is 3. The zero-order valence-electron chi connectivity index (χ0n) is 10.5. The Morgan fingerprint density at radius 2 is 2.05 bits per heavy atom. The Labute approximate surface area is 134 Å². The van der Waals surface area contributed by atoms with Crippen LogP contribution in [-0.2, 0) is 11.9 Å². The zero-order chi connectivity index (χ0) is 13.9. The summed E-state index contributed by atoms with van der Waals surface area (Å²) in [6, 6.07) is 13.9. The number of hydrogen-bond donors (Lipinski definition) is 0. The van der Waals surface area contributed by atoms with Gasteiger partial charge >= 0.3 is 0 Å². The number of fused-ring (bicyclic) bond motifs is 1. The molecule has 2 aromatic carbocycles. The van der Waals surface area contributed by atoms with Gasteiger partial charge in [-0.1, -0.05) is 45.7 Å². The first-order valence-corrected chi connectivity index (χ1v) is 8.39. The summed E-state index contributed by atoms with van der Waals surface area (Å²) in [6.45, 7) is 0.437. The van der Waals surface area contributed by atoms with E-state index in [-0.39, 0.29) is 0 Å². The molecule has 3 rings (SSSR count). The summed E-state index contributed by atoms with van der Waals surface area (Å²) in [5.74, 6) is 0.690. The van der Waals surface area contributed by atoms with Crippen molar-refractivity contribution in [2.75, 3.05) is 0 Å². The van der Waals surface area contributed by atoms with E-state index in [1.54, 1.807) is 11.3 Å². The smallest absolute Gasteiger partial charge is 0.140 e. The Bertz CT molecular complexity index is 711. The molecule has 0 spiro atoms. The van der Waals surface area contributed by atoms with Gasteiger partial charge in [-0.2, -0.15) is 0 Å². The minimum atomic E-state index is 0.437. The quantitative estimate of drug-likeness (QED) is 0.573. The van der Waals surface area contributed by atoms with Crippen LogP contribution in [0.15, 0.2) is 42.5 Å². The molecule has 2 nitrogen and oxygen atoms in total. The molecule has 1 heterocycles. The van der Waals surface area contributed by atoms with Gasteiger partial charge in [0.15, 0.2) is 0 Å². The van der Waals surface area contributed by atoms with Gasteiger partial charge < -0.3 is 4.74 Å². The highest BCUT2D eigenvalue weighted by Gasteiger charge is 2.06. The number of halogens is 2. The van der Waals surface area contributed by atoms with Crippen molar-refractivity contribution in [3.8, 4) is 5.75 Å². The van der Waals surface area contributed by atoms with Gasteiger partial charge in [-0.25, -0.2) is 4.98 Å². The maximum atomic E-state index is 6.19. The van der Waals surface area contributed by atoms with E-state index >= 15 is 0 Å². The molecule has 0 bridgehead atoms. The molecule has 0 fully saturated rings. The SMILES string of the molecule is Clc1cc(CBr)ccc1OCc1nc2ccccc2s1. The van der Waals surface area contributed by atoms with Crippen molar-refractivity contribution < 1.29 is 4.74 Å². The molecule has 0 saturated heterocycles. The van der Waals surface area contributed by atoms with Crippen LogP contribution in [0.3, 0.4) is 0 Å². The molecular formula is C15H11BrClNOS. The lowest BCUT2D eigenvalue weighted by atomic mass is 10.2. The molecule has 5 heteroatoms. The maximum absolute atomic E-state index is 6.19. The van der Waals surface area contributed by atoms with Crippen LogP contribution in [-0.4, -0.2) is 4.98 Å². The summed E-state index contributed by atoms with van der Waals surface area (Å²) < 4.78 is 6.93. The highest BCUT2D eigenvalue weighted by Crippen LogP contribution is 2.28. The molecule has 0 aliphatic rings. The number of ether oxygens (including phenoxy) is 1. The van der Waals surface area contributed by atoms with Gasteiger partial charge in [-0.15, -0.1) is 11.3 Å². The van der Waals surface area contributed by atoms with E-state index in [4.69, 9.17) is 16.3 Å². The number of alkyl halides is 1. The highest BCUT2D eigenvalue weighted by atomic mass is 79.9. The van der Waals surface area contributed by atoms with Gasteiger partial charge in [0.25, 0.3) is 0 Å². The lowest BCUT2D eigenvalue weighted by Crippen LogP contribution is -1.95. The summed E-state index contributed by atoms with van der Waals surface area (Å²) in [7, 11) is 0. The Morgan fingerprint density at radius 3 is 2.80 bits per heavy atom. The van der Waals surface area contributed by atoms with Crippen molar-refractivity contribution in [1.82, 2.24) is 4.98 Å². The average molecular weight is 369 g/mol. The van der Waals surface area contributed by atoms with E-state index in [2.05, 4.69) is 27.0 Å². The van der Waals surface area contributed by atoms with Gasteiger partial charge in [-0.05, 0) is 29.8 Å². The Morgan fingerprint density at radius 1 is 1.20 bits per heavy atom. The van der Waals surface area contributed by atoms with Crippen LogP contribution in [0.2, 0.25) is 5.02 Å². The fraction of sp³-hybridized carbons (Fsp3) is 0.133. The predicted octanol–water partition coefficient (Wildman–Crippen LogP) is 5.42. The monoisotopic (exact) mass is 367 g/mol. The summed E-state index contributed by atoms with van der Waals surface area (Å²) in [4.78, 5) is 4.53. The van der Waals surface area contributed by atoms with Crippen molar-refractivity contribution in [3.05, 3.63) is 58.1 Å². The first kappa shape index (κ1) is 13.9. The molecule has 0 atom stereocenters. The van der Waals surface area contributed by atoms with E-state index in [0.717, 1.165) is 21.4 Å². The third-order valence-electron chi connectivity index (χ3n) is 2.84. The number of benzene rings is 2. The first-order valence-electron chi connectivity index (χ1n) is 6.08. The third-order valence-corrected chi connectivity index (χ3v) is 4.79. The van der Waals surface area contributed by atoms with Crippen molar-refractivity contribution >= 4 is 49.1 Å². The number of aromatic nitrogens is 1. The highest BCUT2D eigenvalue weighted by molar-refractivity contribution is 9.08. The molecule has 1 aromatic heterocycles. The van der Waals surface area contributed by atoms with Gasteiger partial charge in [0.2, 0.25) is 0 Å². The number of para-hydroxylation sites is 1. The summed E-state index contributed by atoms with van der Waals surface area (Å²) >= 11 is 11.2. The normalized spacial score (nSPS) is 10.9. The van der Waals surface area contributed by atoms with E-state index in [0.29, 0.717) is 17.4 Å². The van der Waals surface area contributed by atoms with E-state index in [1.807, 2.05) is 36.4 Å². The van der Waals surface area contributed by atoms with Crippen molar-refractivity contribution in [2.45, 2.75) is 11.9 Å². The van der Waals surface area contributed by atoms with Crippen LogP contribution in [0.25, 0.3) is 10.2 Å². The van der Waals surface area contributed by atoms with Crippen molar-refractivity contribution in [1.29, 1.82) is 0 Å². The Hall–Kier alpha value is -1.10. The van der Waals surface area contributed by atoms with Crippen molar-refractivity contribution in [3.63, 3.8) is 0 Å². The second-order valence-electron chi connectivity index (χ2n) is 4.26. The lowest BCUT2D eigenvalue weighted by Gasteiger charge is -2.07. The first-order chi connectivity index (χ1) is 9.76. The molecule has 20 heavy (non-hydrogen) atoms. The molecule has 0 amide bonds. The molecular weight excluding hydrogens is 358 g/mol. The molecule has 0 aliphatic carbocycles. The minimum Gasteiger partial charge on any atom is -0.485 e. The molecule has 0 aliphatic heterocycles. The molecule has 0 saturated carbocycles. The second-order valence-corrected chi connectivity index (χ2v) is 6.35. The standard InChI is InChI=1S/C15H11BrClNOS/c16-8-10-5-6-13(11(17)7-10)19-9-15-18-12-3-1-2-4-14(12)20-15/h1-7H,8-9H2. The van der Waals surface area contributed by atoms with Gasteiger partial charge in [0, 0.05) is 5.33 Å². The number of rotatable bonds is 4. The van der Waals surface area contributed by atoms with Crippen LogP contribution < -0.4 is 4.74 Å². The summed E-state index contributed by atoms with van der Waals surface area (Å²) in [6.07, 6.45) is 0. The Kier molecular flexibility index (Phi) is 4.24. The van der Waals surface area contributed by atoms with Crippen LogP contribution in [0, 0.1) is 0 Å². The summed E-state index contributed by atoms with van der Waals surface area (Å²) in [5.41, 5.74) is 2.14. The second kappa shape index (κ2) is 6.12. The van der Waals surface area contributed by atoms with Gasteiger partial charge in [0.05, 0.1) is 15.2 Å². The van der Waals surface area contributed by atoms with Crippen LogP contribution >= 0.6 is 38.9 Å². The molecule has 3 aromatic rings. The Balaban J connectivity index is 1.75. The third kappa shape index (κ3) is 2.97. The lowest BCUT2D eigenvalue weighted by molar-refractivity contribution is 0.306. The van der Waals surface area contributed by atoms with E-state index in [9.17, 15) is 0 Å². The van der Waals surface area contributed by atoms with Gasteiger partial charge in [0.1, 0.15) is 17.4 Å². The van der Waals surface area contributed by atoms with Crippen LogP contribution in [0.1, 0.15) is 10.6 Å². The summed E-state index contributed by atoms with van der Waals surface area (Å²) in [5, 5.41) is 2.36. The minimum absolute atomic E-state index is 0.437.